The highest BCUT2D eigenvalue weighted by molar-refractivity contribution is 5.87. The van der Waals surface area contributed by atoms with E-state index in [1.165, 1.54) is 5.69 Å². The van der Waals surface area contributed by atoms with Crippen molar-refractivity contribution >= 4 is 16.6 Å². The van der Waals surface area contributed by atoms with Crippen molar-refractivity contribution in [1.29, 1.82) is 0 Å². The van der Waals surface area contributed by atoms with Crippen molar-refractivity contribution in [3.05, 3.63) is 30.0 Å². The van der Waals surface area contributed by atoms with E-state index in [2.05, 4.69) is 21.3 Å². The summed E-state index contributed by atoms with van der Waals surface area (Å²) in [7, 11) is 0. The number of pyridine rings is 1. The van der Waals surface area contributed by atoms with Crippen molar-refractivity contribution in [2.24, 2.45) is 0 Å². The molecule has 94 valence electrons. The Morgan fingerprint density at radius 1 is 1.28 bits per heavy atom. The van der Waals surface area contributed by atoms with E-state index >= 15 is 0 Å². The maximum Gasteiger partial charge on any atom is 0.141 e. The molecule has 1 aromatic heterocycles. The molecular weight excluding hydrogens is 226 g/mol. The van der Waals surface area contributed by atoms with E-state index in [9.17, 15) is 5.11 Å². The van der Waals surface area contributed by atoms with Crippen molar-refractivity contribution in [3.8, 4) is 5.75 Å². The van der Waals surface area contributed by atoms with E-state index < -0.39 is 0 Å². The van der Waals surface area contributed by atoms with Gasteiger partial charge in [0.15, 0.2) is 0 Å². The van der Waals surface area contributed by atoms with Gasteiger partial charge in [-0.05, 0) is 19.1 Å². The number of aryl methyl sites for hydroxylation is 1. The molecule has 1 fully saturated rings. The number of anilines is 1. The van der Waals surface area contributed by atoms with Crippen molar-refractivity contribution < 1.29 is 5.11 Å². The SMILES string of the molecule is Cc1nc2c(O)cccc2cc1N1CCNCC1. The molecule has 2 N–H and O–H groups in total. The van der Waals surface area contributed by atoms with Crippen LogP contribution in [0.3, 0.4) is 0 Å². The zero-order chi connectivity index (χ0) is 12.5. The van der Waals surface area contributed by atoms with Gasteiger partial charge in [-0.1, -0.05) is 12.1 Å². The first-order chi connectivity index (χ1) is 8.75. The number of fused-ring (bicyclic) bond motifs is 1. The van der Waals surface area contributed by atoms with Crippen LogP contribution in [-0.2, 0) is 0 Å². The van der Waals surface area contributed by atoms with Crippen LogP contribution < -0.4 is 10.2 Å². The molecule has 18 heavy (non-hydrogen) atoms. The molecule has 4 nitrogen and oxygen atoms in total. The van der Waals surface area contributed by atoms with Gasteiger partial charge >= 0.3 is 0 Å². The van der Waals surface area contributed by atoms with Gasteiger partial charge in [-0.25, -0.2) is 4.98 Å². The molecule has 0 radical (unpaired) electrons. The van der Waals surface area contributed by atoms with Crippen LogP contribution in [0.1, 0.15) is 5.69 Å². The number of hydrogen-bond donors (Lipinski definition) is 2. The molecule has 0 amide bonds. The van der Waals surface area contributed by atoms with E-state index in [0.717, 1.165) is 37.3 Å². The summed E-state index contributed by atoms with van der Waals surface area (Å²) >= 11 is 0. The van der Waals surface area contributed by atoms with E-state index in [1.54, 1.807) is 6.07 Å². The number of phenols is 1. The smallest absolute Gasteiger partial charge is 0.141 e. The van der Waals surface area contributed by atoms with Gasteiger partial charge < -0.3 is 15.3 Å². The number of rotatable bonds is 1. The predicted molar refractivity (Wildman–Crippen MR) is 73.2 cm³/mol. The molecule has 1 saturated heterocycles. The standard InChI is InChI=1S/C14H17N3O/c1-10-12(17-7-5-15-6-8-17)9-11-3-2-4-13(18)14(11)16-10/h2-4,9,15,18H,5-8H2,1H3. The Hall–Kier alpha value is -1.81. The molecule has 4 heteroatoms. The summed E-state index contributed by atoms with van der Waals surface area (Å²) in [5, 5.41) is 14.2. The molecule has 2 aromatic rings. The fraction of sp³-hybridized carbons (Fsp3) is 0.357. The van der Waals surface area contributed by atoms with Gasteiger partial charge in [0.25, 0.3) is 0 Å². The molecule has 3 rings (SSSR count). The maximum atomic E-state index is 9.81. The van der Waals surface area contributed by atoms with Crippen LogP contribution >= 0.6 is 0 Å². The van der Waals surface area contributed by atoms with Crippen molar-refractivity contribution in [1.82, 2.24) is 10.3 Å². The van der Waals surface area contributed by atoms with E-state index in [0.29, 0.717) is 5.52 Å². The maximum absolute atomic E-state index is 9.81. The number of nitrogens with one attached hydrogen (secondary N) is 1. The second-order valence-corrected chi connectivity index (χ2v) is 4.68. The summed E-state index contributed by atoms with van der Waals surface area (Å²) in [4.78, 5) is 6.89. The number of aromatic hydroxyl groups is 1. The Labute approximate surface area is 106 Å². The van der Waals surface area contributed by atoms with Crippen LogP contribution in [0.5, 0.6) is 5.75 Å². The zero-order valence-electron chi connectivity index (χ0n) is 10.5. The normalized spacial score (nSPS) is 16.2. The lowest BCUT2D eigenvalue weighted by Crippen LogP contribution is -2.43. The van der Waals surface area contributed by atoms with Crippen LogP contribution in [-0.4, -0.2) is 36.3 Å². The molecule has 0 aliphatic carbocycles. The molecule has 2 heterocycles. The monoisotopic (exact) mass is 243 g/mol. The van der Waals surface area contributed by atoms with Gasteiger partial charge in [0.2, 0.25) is 0 Å². The number of nitrogens with zero attached hydrogens (tertiary/aromatic N) is 2. The average Bonchev–Trinajstić information content (AvgIpc) is 2.40. The molecule has 0 atom stereocenters. The average molecular weight is 243 g/mol. The third-order valence-electron chi connectivity index (χ3n) is 3.45. The van der Waals surface area contributed by atoms with Gasteiger partial charge in [0, 0.05) is 31.6 Å². The predicted octanol–water partition coefficient (Wildman–Crippen LogP) is 1.66. The lowest BCUT2D eigenvalue weighted by molar-refractivity contribution is 0.480. The van der Waals surface area contributed by atoms with Gasteiger partial charge in [-0.15, -0.1) is 0 Å². The van der Waals surface area contributed by atoms with Crippen molar-refractivity contribution in [3.63, 3.8) is 0 Å². The fourth-order valence-corrected chi connectivity index (χ4v) is 2.49. The number of piperazine rings is 1. The Morgan fingerprint density at radius 2 is 2.06 bits per heavy atom. The first-order valence-corrected chi connectivity index (χ1v) is 6.31. The minimum Gasteiger partial charge on any atom is -0.506 e. The van der Waals surface area contributed by atoms with Gasteiger partial charge in [-0.2, -0.15) is 0 Å². The number of hydrogen-bond acceptors (Lipinski definition) is 4. The van der Waals surface area contributed by atoms with E-state index in [-0.39, 0.29) is 5.75 Å². The van der Waals surface area contributed by atoms with Crippen LogP contribution in [0.4, 0.5) is 5.69 Å². The Balaban J connectivity index is 2.09. The quantitative estimate of drug-likeness (QED) is 0.799. The minimum atomic E-state index is 0.252. The van der Waals surface area contributed by atoms with Gasteiger partial charge in [-0.3, -0.25) is 0 Å². The van der Waals surface area contributed by atoms with Crippen molar-refractivity contribution in [2.45, 2.75) is 6.92 Å². The van der Waals surface area contributed by atoms with E-state index in [1.807, 2.05) is 19.1 Å². The molecule has 1 aliphatic rings. The topological polar surface area (TPSA) is 48.4 Å². The lowest BCUT2D eigenvalue weighted by atomic mass is 10.1. The minimum absolute atomic E-state index is 0.252. The molecule has 1 aliphatic heterocycles. The second kappa shape index (κ2) is 4.46. The van der Waals surface area contributed by atoms with Crippen LogP contribution in [0.25, 0.3) is 10.9 Å². The summed E-state index contributed by atoms with van der Waals surface area (Å²) in [5.41, 5.74) is 2.84. The third kappa shape index (κ3) is 1.88. The summed E-state index contributed by atoms with van der Waals surface area (Å²) in [5.74, 6) is 0.252. The molecule has 0 saturated carbocycles. The summed E-state index contributed by atoms with van der Waals surface area (Å²) in [6, 6.07) is 7.66. The molecular formula is C14H17N3O. The highest BCUT2D eigenvalue weighted by Gasteiger charge is 2.14. The molecule has 0 bridgehead atoms. The highest BCUT2D eigenvalue weighted by Crippen LogP contribution is 2.28. The Bertz CT molecular complexity index is 577. The first kappa shape index (κ1) is 11.3. The molecule has 0 spiro atoms. The zero-order valence-corrected chi connectivity index (χ0v) is 10.5. The number of benzene rings is 1. The van der Waals surface area contributed by atoms with Gasteiger partial charge in [0.1, 0.15) is 11.3 Å². The number of aromatic nitrogens is 1. The van der Waals surface area contributed by atoms with Crippen molar-refractivity contribution in [2.75, 3.05) is 31.1 Å². The Kier molecular flexibility index (Phi) is 2.80. The molecule has 1 aromatic carbocycles. The van der Waals surface area contributed by atoms with Crippen LogP contribution in [0.2, 0.25) is 0 Å². The second-order valence-electron chi connectivity index (χ2n) is 4.68. The van der Waals surface area contributed by atoms with Crippen LogP contribution in [0.15, 0.2) is 24.3 Å². The summed E-state index contributed by atoms with van der Waals surface area (Å²) in [6.45, 7) is 6.04. The van der Waals surface area contributed by atoms with E-state index in [4.69, 9.17) is 0 Å². The number of para-hydroxylation sites is 1. The molecule has 0 unspecified atom stereocenters. The number of phenolic OH excluding ortho intramolecular Hbond substituents is 1. The third-order valence-corrected chi connectivity index (χ3v) is 3.45. The van der Waals surface area contributed by atoms with Crippen LogP contribution in [0, 0.1) is 6.92 Å². The van der Waals surface area contributed by atoms with Gasteiger partial charge in [0.05, 0.1) is 11.4 Å². The first-order valence-electron chi connectivity index (χ1n) is 6.31. The summed E-state index contributed by atoms with van der Waals surface area (Å²) in [6.07, 6.45) is 0. The fourth-order valence-electron chi connectivity index (χ4n) is 2.49. The largest absolute Gasteiger partial charge is 0.506 e. The summed E-state index contributed by atoms with van der Waals surface area (Å²) < 4.78 is 0. The Morgan fingerprint density at radius 3 is 2.83 bits per heavy atom. The lowest BCUT2D eigenvalue weighted by Gasteiger charge is -2.30. The highest BCUT2D eigenvalue weighted by atomic mass is 16.3.